The smallest absolute Gasteiger partial charge is 0.312 e. The first kappa shape index (κ1) is 23.7. The number of aliphatic hydroxyl groups excluding tert-OH is 2. The van der Waals surface area contributed by atoms with Crippen molar-refractivity contribution >= 4 is 33.8 Å². The SMILES string of the molecule is C[Si](C)(C)O[Si](C)(C)O[Si](C)(C)O[Si](C)(CCCO)CCCO. The summed E-state index contributed by atoms with van der Waals surface area (Å²) in [5.74, 6) is 0. The molecule has 0 aromatic rings. The van der Waals surface area contributed by atoms with E-state index in [-0.39, 0.29) is 13.2 Å². The number of rotatable bonds is 12. The maximum absolute atomic E-state index is 9.16. The average Bonchev–Trinajstić information content (AvgIpc) is 2.28. The summed E-state index contributed by atoms with van der Waals surface area (Å²) in [5, 5.41) is 18.3. The fourth-order valence-electron chi connectivity index (χ4n) is 3.10. The molecule has 0 rings (SSSR count). The third-order valence-electron chi connectivity index (χ3n) is 3.26. The summed E-state index contributed by atoms with van der Waals surface area (Å²) in [4.78, 5) is 0. The van der Waals surface area contributed by atoms with Gasteiger partial charge in [-0.2, -0.15) is 0 Å². The Balaban J connectivity index is 4.93. The lowest BCUT2D eigenvalue weighted by atomic mass is 10.5. The maximum Gasteiger partial charge on any atom is 0.312 e. The van der Waals surface area contributed by atoms with Crippen molar-refractivity contribution < 1.29 is 22.6 Å². The zero-order chi connectivity index (χ0) is 18.4. The Morgan fingerprint density at radius 2 is 1.00 bits per heavy atom. The van der Waals surface area contributed by atoms with Crippen LogP contribution in [0.2, 0.25) is 64.5 Å². The second kappa shape index (κ2) is 9.39. The molecule has 0 saturated carbocycles. The minimum Gasteiger partial charge on any atom is -0.437 e. The molecule has 0 atom stereocenters. The van der Waals surface area contributed by atoms with Crippen LogP contribution in [0.5, 0.6) is 0 Å². The maximum atomic E-state index is 9.16. The van der Waals surface area contributed by atoms with Gasteiger partial charge in [0.05, 0.1) is 0 Å². The highest BCUT2D eigenvalue weighted by Crippen LogP contribution is 2.28. The van der Waals surface area contributed by atoms with Crippen molar-refractivity contribution in [1.29, 1.82) is 0 Å². The van der Waals surface area contributed by atoms with Crippen molar-refractivity contribution in [3.8, 4) is 0 Å². The van der Waals surface area contributed by atoms with E-state index in [1.807, 2.05) is 0 Å². The summed E-state index contributed by atoms with van der Waals surface area (Å²) in [5.41, 5.74) is 0. The Hall–Kier alpha value is 0.668. The molecule has 0 aliphatic rings. The van der Waals surface area contributed by atoms with Gasteiger partial charge in [-0.1, -0.05) is 0 Å². The van der Waals surface area contributed by atoms with Crippen molar-refractivity contribution in [3.63, 3.8) is 0 Å². The number of hydrogen-bond donors (Lipinski definition) is 2. The summed E-state index contributed by atoms with van der Waals surface area (Å²) >= 11 is 0. The van der Waals surface area contributed by atoms with Crippen LogP contribution in [0.25, 0.3) is 0 Å². The molecule has 0 radical (unpaired) electrons. The van der Waals surface area contributed by atoms with Gasteiger partial charge in [0, 0.05) is 13.2 Å². The molecular weight excluding hydrogens is 360 g/mol. The molecule has 0 aliphatic heterocycles. The quantitative estimate of drug-likeness (QED) is 0.491. The van der Waals surface area contributed by atoms with Gasteiger partial charge in [0.25, 0.3) is 0 Å². The highest BCUT2D eigenvalue weighted by molar-refractivity contribution is 6.89. The summed E-state index contributed by atoms with van der Waals surface area (Å²) < 4.78 is 19.3. The topological polar surface area (TPSA) is 68.2 Å². The first-order valence-corrected chi connectivity index (χ1v) is 20.4. The monoisotopic (exact) mass is 398 g/mol. The van der Waals surface area contributed by atoms with E-state index in [4.69, 9.17) is 22.6 Å². The van der Waals surface area contributed by atoms with Crippen LogP contribution in [0.1, 0.15) is 12.8 Å². The molecule has 9 heteroatoms. The molecule has 0 fully saturated rings. The Morgan fingerprint density at radius 1 is 0.609 bits per heavy atom. The lowest BCUT2D eigenvalue weighted by Crippen LogP contribution is -2.56. The fraction of sp³-hybridized carbons (Fsp3) is 1.00. The highest BCUT2D eigenvalue weighted by atomic mass is 28.5. The van der Waals surface area contributed by atoms with Gasteiger partial charge in [0.2, 0.25) is 0 Å². The molecule has 140 valence electrons. The van der Waals surface area contributed by atoms with Crippen LogP contribution < -0.4 is 0 Å². The summed E-state index contributed by atoms with van der Waals surface area (Å²) in [6.45, 7) is 17.5. The molecule has 0 heterocycles. The number of aliphatic hydroxyl groups is 2. The zero-order valence-electron chi connectivity index (χ0n) is 16.4. The molecule has 0 bridgehead atoms. The zero-order valence-corrected chi connectivity index (χ0v) is 20.4. The van der Waals surface area contributed by atoms with Gasteiger partial charge in [-0.25, -0.2) is 0 Å². The Bertz CT molecular complexity index is 337. The lowest BCUT2D eigenvalue weighted by molar-refractivity contribution is 0.282. The average molecular weight is 399 g/mol. The van der Waals surface area contributed by atoms with Crippen LogP contribution in [0.15, 0.2) is 0 Å². The van der Waals surface area contributed by atoms with Crippen LogP contribution >= 0.6 is 0 Å². The van der Waals surface area contributed by atoms with E-state index >= 15 is 0 Å². The van der Waals surface area contributed by atoms with Gasteiger partial charge in [-0.15, -0.1) is 0 Å². The molecule has 0 aliphatic carbocycles. The molecule has 0 unspecified atom stereocenters. The minimum absolute atomic E-state index is 0.187. The van der Waals surface area contributed by atoms with E-state index < -0.39 is 33.8 Å². The minimum atomic E-state index is -2.32. The van der Waals surface area contributed by atoms with Crippen molar-refractivity contribution in [2.75, 3.05) is 13.2 Å². The van der Waals surface area contributed by atoms with E-state index in [2.05, 4.69) is 52.4 Å². The largest absolute Gasteiger partial charge is 0.437 e. The van der Waals surface area contributed by atoms with Gasteiger partial charge in [0.15, 0.2) is 16.6 Å². The Labute approximate surface area is 147 Å². The Morgan fingerprint density at radius 3 is 1.35 bits per heavy atom. The molecule has 0 saturated heterocycles. The van der Waals surface area contributed by atoms with Crippen molar-refractivity contribution in [2.24, 2.45) is 0 Å². The summed E-state index contributed by atoms with van der Waals surface area (Å²) in [6.07, 6.45) is 1.51. The van der Waals surface area contributed by atoms with Crippen LogP contribution in [0.3, 0.4) is 0 Å². The van der Waals surface area contributed by atoms with Crippen LogP contribution in [-0.4, -0.2) is 57.2 Å². The van der Waals surface area contributed by atoms with Gasteiger partial charge in [-0.05, 0) is 77.3 Å². The Kier molecular flexibility index (Phi) is 9.66. The molecule has 0 aromatic heterocycles. The summed E-state index contributed by atoms with van der Waals surface area (Å²) in [7, 11) is -8.17. The molecule has 2 N–H and O–H groups in total. The molecular formula is C14H38O5Si4. The highest BCUT2D eigenvalue weighted by Gasteiger charge is 2.43. The molecule has 5 nitrogen and oxygen atoms in total. The van der Waals surface area contributed by atoms with Crippen LogP contribution in [0.4, 0.5) is 0 Å². The van der Waals surface area contributed by atoms with Crippen molar-refractivity contribution in [3.05, 3.63) is 0 Å². The predicted molar refractivity (Wildman–Crippen MR) is 106 cm³/mol. The van der Waals surface area contributed by atoms with E-state index in [1.54, 1.807) is 0 Å². The first-order chi connectivity index (χ1) is 10.2. The van der Waals surface area contributed by atoms with Gasteiger partial charge >= 0.3 is 17.1 Å². The normalized spacial score (nSPS) is 14.3. The van der Waals surface area contributed by atoms with Gasteiger partial charge in [0.1, 0.15) is 0 Å². The van der Waals surface area contributed by atoms with Crippen molar-refractivity contribution in [2.45, 2.75) is 77.3 Å². The van der Waals surface area contributed by atoms with Gasteiger partial charge < -0.3 is 22.6 Å². The summed E-state index contributed by atoms with van der Waals surface area (Å²) in [6, 6.07) is 1.81. The number of hydrogen-bond acceptors (Lipinski definition) is 5. The fourth-order valence-corrected chi connectivity index (χ4v) is 22.4. The van der Waals surface area contributed by atoms with E-state index in [1.165, 1.54) is 0 Å². The van der Waals surface area contributed by atoms with Crippen molar-refractivity contribution in [1.82, 2.24) is 0 Å². The molecule has 23 heavy (non-hydrogen) atoms. The van der Waals surface area contributed by atoms with E-state index in [0.29, 0.717) is 0 Å². The third-order valence-corrected chi connectivity index (χ3v) is 18.4. The second-order valence-electron chi connectivity index (χ2n) is 8.32. The predicted octanol–water partition coefficient (Wildman–Crippen LogP) is 3.61. The lowest BCUT2D eigenvalue weighted by Gasteiger charge is -2.41. The van der Waals surface area contributed by atoms with E-state index in [0.717, 1.165) is 24.9 Å². The van der Waals surface area contributed by atoms with E-state index in [9.17, 15) is 0 Å². The second-order valence-corrected chi connectivity index (χ2v) is 24.5. The third kappa shape index (κ3) is 11.8. The van der Waals surface area contributed by atoms with Gasteiger partial charge in [-0.3, -0.25) is 0 Å². The molecule has 0 amide bonds. The standard InChI is InChI=1S/C14H38O5Si4/c1-20(2,3)17-21(4,5)18-22(6,7)19-23(8,13-9-11-15)14-10-12-16/h15-16H,9-14H2,1-8H3. The van der Waals surface area contributed by atoms with Crippen LogP contribution in [-0.2, 0) is 12.3 Å². The molecule has 0 spiro atoms. The van der Waals surface area contributed by atoms with Crippen LogP contribution in [0, 0.1) is 0 Å². The molecule has 0 aromatic carbocycles. The first-order valence-electron chi connectivity index (χ1n) is 8.56.